The molecule has 0 spiro atoms. The van der Waals surface area contributed by atoms with E-state index in [1.807, 2.05) is 32.2 Å². The number of rotatable bonds is 7. The standard InChI is InChI=1S/C16H21N3O4/c1-11-13(16(20-3)19(2)18-11)9-17-6-7-21-12-4-5-14-15(8-12)23-10-22-14/h4-5,8,17H,6-7,9-10H2,1-3H3. The largest absolute Gasteiger partial charge is 0.492 e. The fraction of sp³-hybridized carbons (Fsp3) is 0.438. The number of fused-ring (bicyclic) bond motifs is 1. The summed E-state index contributed by atoms with van der Waals surface area (Å²) in [7, 11) is 3.53. The molecule has 23 heavy (non-hydrogen) atoms. The predicted octanol–water partition coefficient (Wildman–Crippen LogP) is 1.63. The van der Waals surface area contributed by atoms with Crippen LogP contribution in [0.15, 0.2) is 18.2 Å². The summed E-state index contributed by atoms with van der Waals surface area (Å²) in [5, 5.41) is 7.70. The average molecular weight is 319 g/mol. The van der Waals surface area contributed by atoms with Gasteiger partial charge < -0.3 is 24.3 Å². The van der Waals surface area contributed by atoms with Crippen LogP contribution in [0, 0.1) is 6.92 Å². The molecule has 1 aliphatic heterocycles. The van der Waals surface area contributed by atoms with Gasteiger partial charge in [0.05, 0.1) is 18.4 Å². The Kier molecular flexibility index (Phi) is 4.57. The van der Waals surface area contributed by atoms with Gasteiger partial charge in [0.2, 0.25) is 12.7 Å². The highest BCUT2D eigenvalue weighted by Crippen LogP contribution is 2.34. The van der Waals surface area contributed by atoms with Crippen LogP contribution in [0.1, 0.15) is 11.3 Å². The van der Waals surface area contributed by atoms with Crippen molar-refractivity contribution in [3.63, 3.8) is 0 Å². The number of hydrogen-bond acceptors (Lipinski definition) is 6. The summed E-state index contributed by atoms with van der Waals surface area (Å²) < 4.78 is 23.4. The first kappa shape index (κ1) is 15.5. The Bertz CT molecular complexity index is 684. The molecule has 0 amide bonds. The van der Waals surface area contributed by atoms with Crippen molar-refractivity contribution in [3.8, 4) is 23.1 Å². The first-order valence-electron chi connectivity index (χ1n) is 7.48. The number of nitrogens with one attached hydrogen (secondary N) is 1. The summed E-state index contributed by atoms with van der Waals surface area (Å²) in [6.07, 6.45) is 0. The highest BCUT2D eigenvalue weighted by atomic mass is 16.7. The molecule has 3 rings (SSSR count). The number of aromatic nitrogens is 2. The van der Waals surface area contributed by atoms with Crippen LogP contribution in [-0.4, -0.2) is 36.8 Å². The van der Waals surface area contributed by atoms with Gasteiger partial charge in [-0.15, -0.1) is 0 Å². The molecule has 2 heterocycles. The Morgan fingerprint density at radius 2 is 2.13 bits per heavy atom. The summed E-state index contributed by atoms with van der Waals surface area (Å²) in [6.45, 7) is 4.20. The van der Waals surface area contributed by atoms with Crippen LogP contribution in [0.25, 0.3) is 0 Å². The minimum absolute atomic E-state index is 0.270. The third kappa shape index (κ3) is 3.34. The van der Waals surface area contributed by atoms with Crippen LogP contribution in [-0.2, 0) is 13.6 Å². The number of methoxy groups -OCH3 is 1. The molecule has 124 valence electrons. The van der Waals surface area contributed by atoms with Crippen molar-refractivity contribution < 1.29 is 18.9 Å². The zero-order chi connectivity index (χ0) is 16.2. The van der Waals surface area contributed by atoms with Gasteiger partial charge in [0.15, 0.2) is 11.5 Å². The minimum atomic E-state index is 0.270. The third-order valence-electron chi connectivity index (χ3n) is 3.68. The average Bonchev–Trinajstić information content (AvgIpc) is 3.10. The van der Waals surface area contributed by atoms with Crippen LogP contribution >= 0.6 is 0 Å². The van der Waals surface area contributed by atoms with E-state index >= 15 is 0 Å². The number of nitrogens with zero attached hydrogens (tertiary/aromatic N) is 2. The zero-order valence-corrected chi connectivity index (χ0v) is 13.6. The van der Waals surface area contributed by atoms with Crippen molar-refractivity contribution in [2.75, 3.05) is 27.1 Å². The smallest absolute Gasteiger partial charge is 0.231 e. The van der Waals surface area contributed by atoms with Crippen molar-refractivity contribution in [2.24, 2.45) is 7.05 Å². The summed E-state index contributed by atoms with van der Waals surface area (Å²) in [5.41, 5.74) is 2.03. The van der Waals surface area contributed by atoms with Crippen molar-refractivity contribution in [3.05, 3.63) is 29.5 Å². The van der Waals surface area contributed by atoms with Crippen molar-refractivity contribution in [1.29, 1.82) is 0 Å². The SMILES string of the molecule is COc1c(CNCCOc2ccc3c(c2)OCO3)c(C)nn1C. The maximum Gasteiger partial charge on any atom is 0.231 e. The molecule has 0 aliphatic carbocycles. The number of hydrogen-bond donors (Lipinski definition) is 1. The van der Waals surface area contributed by atoms with E-state index in [1.54, 1.807) is 11.8 Å². The van der Waals surface area contributed by atoms with Gasteiger partial charge in [-0.25, -0.2) is 4.68 Å². The van der Waals surface area contributed by atoms with Gasteiger partial charge in [-0.2, -0.15) is 5.10 Å². The lowest BCUT2D eigenvalue weighted by Gasteiger charge is -2.09. The van der Waals surface area contributed by atoms with Gasteiger partial charge in [-0.05, 0) is 19.1 Å². The van der Waals surface area contributed by atoms with Gasteiger partial charge in [0, 0.05) is 26.2 Å². The van der Waals surface area contributed by atoms with E-state index in [0.29, 0.717) is 19.7 Å². The molecular weight excluding hydrogens is 298 g/mol. The molecule has 0 saturated heterocycles. The highest BCUT2D eigenvalue weighted by Gasteiger charge is 2.14. The van der Waals surface area contributed by atoms with Gasteiger partial charge in [0.25, 0.3) is 0 Å². The van der Waals surface area contributed by atoms with Crippen molar-refractivity contribution in [2.45, 2.75) is 13.5 Å². The normalized spacial score (nSPS) is 12.5. The lowest BCUT2D eigenvalue weighted by atomic mass is 10.2. The zero-order valence-electron chi connectivity index (χ0n) is 13.6. The van der Waals surface area contributed by atoms with E-state index in [1.165, 1.54) is 0 Å². The number of ether oxygens (including phenoxy) is 4. The van der Waals surface area contributed by atoms with E-state index in [2.05, 4.69) is 10.4 Å². The van der Waals surface area contributed by atoms with E-state index in [-0.39, 0.29) is 6.79 Å². The van der Waals surface area contributed by atoms with Gasteiger partial charge in [0.1, 0.15) is 12.4 Å². The van der Waals surface area contributed by atoms with Crippen LogP contribution in [0.5, 0.6) is 23.1 Å². The predicted molar refractivity (Wildman–Crippen MR) is 84.3 cm³/mol. The van der Waals surface area contributed by atoms with Crippen molar-refractivity contribution >= 4 is 0 Å². The topological polar surface area (TPSA) is 66.8 Å². The van der Waals surface area contributed by atoms with Gasteiger partial charge in [-0.1, -0.05) is 0 Å². The van der Waals surface area contributed by atoms with E-state index in [9.17, 15) is 0 Å². The molecule has 1 aromatic heterocycles. The molecule has 0 saturated carbocycles. The number of benzene rings is 1. The molecular formula is C16H21N3O4. The Morgan fingerprint density at radius 1 is 1.30 bits per heavy atom. The third-order valence-corrected chi connectivity index (χ3v) is 3.68. The Morgan fingerprint density at radius 3 is 2.96 bits per heavy atom. The fourth-order valence-corrected chi connectivity index (χ4v) is 2.56. The van der Waals surface area contributed by atoms with Gasteiger partial charge in [-0.3, -0.25) is 0 Å². The monoisotopic (exact) mass is 319 g/mol. The molecule has 7 heteroatoms. The first-order valence-corrected chi connectivity index (χ1v) is 7.48. The molecule has 0 unspecified atom stereocenters. The number of aryl methyl sites for hydroxylation is 2. The lowest BCUT2D eigenvalue weighted by Crippen LogP contribution is -2.21. The van der Waals surface area contributed by atoms with Crippen LogP contribution in [0.4, 0.5) is 0 Å². The maximum atomic E-state index is 5.71. The molecule has 1 aromatic carbocycles. The molecule has 2 aromatic rings. The Balaban J connectivity index is 1.45. The first-order chi connectivity index (χ1) is 11.2. The molecule has 0 radical (unpaired) electrons. The molecule has 0 atom stereocenters. The summed E-state index contributed by atoms with van der Waals surface area (Å²) in [5.74, 6) is 3.04. The fourth-order valence-electron chi connectivity index (χ4n) is 2.56. The second-order valence-corrected chi connectivity index (χ2v) is 5.24. The lowest BCUT2D eigenvalue weighted by molar-refractivity contribution is 0.173. The van der Waals surface area contributed by atoms with E-state index in [4.69, 9.17) is 18.9 Å². The van der Waals surface area contributed by atoms with Crippen LogP contribution in [0.3, 0.4) is 0 Å². The van der Waals surface area contributed by atoms with E-state index in [0.717, 1.165) is 34.4 Å². The van der Waals surface area contributed by atoms with Crippen molar-refractivity contribution in [1.82, 2.24) is 15.1 Å². The Hall–Kier alpha value is -2.41. The highest BCUT2D eigenvalue weighted by molar-refractivity contribution is 5.46. The van der Waals surface area contributed by atoms with Crippen LogP contribution in [0.2, 0.25) is 0 Å². The second-order valence-electron chi connectivity index (χ2n) is 5.24. The maximum absolute atomic E-state index is 5.71. The summed E-state index contributed by atoms with van der Waals surface area (Å²) >= 11 is 0. The summed E-state index contributed by atoms with van der Waals surface area (Å²) in [6, 6.07) is 5.58. The van der Waals surface area contributed by atoms with Gasteiger partial charge >= 0.3 is 0 Å². The quantitative estimate of drug-likeness (QED) is 0.783. The molecule has 0 fully saturated rings. The van der Waals surface area contributed by atoms with E-state index < -0.39 is 0 Å². The molecule has 0 bridgehead atoms. The second kappa shape index (κ2) is 6.78. The summed E-state index contributed by atoms with van der Waals surface area (Å²) in [4.78, 5) is 0. The molecule has 1 aliphatic rings. The van der Waals surface area contributed by atoms with Crippen LogP contribution < -0.4 is 24.3 Å². The molecule has 7 nitrogen and oxygen atoms in total. The Labute approximate surface area is 135 Å². The minimum Gasteiger partial charge on any atom is -0.492 e. The molecule has 1 N–H and O–H groups in total.